The molecule has 0 radical (unpaired) electrons. The third kappa shape index (κ3) is 4.39. The van der Waals surface area contributed by atoms with Crippen molar-refractivity contribution in [1.82, 2.24) is 14.5 Å². The molecule has 0 fully saturated rings. The lowest BCUT2D eigenvalue weighted by molar-refractivity contribution is -0.116. The molecule has 1 amide bonds. The van der Waals surface area contributed by atoms with Crippen LogP contribution < -0.4 is 15.6 Å². The van der Waals surface area contributed by atoms with Crippen LogP contribution in [0.2, 0.25) is 0 Å². The monoisotopic (exact) mass is 436 g/mol. The van der Waals surface area contributed by atoms with Gasteiger partial charge in [-0.25, -0.2) is 0 Å². The molecule has 160 valence electrons. The number of methoxy groups -OCH3 is 1. The highest BCUT2D eigenvalue weighted by Gasteiger charge is 2.12. The molecule has 7 nitrogen and oxygen atoms in total. The highest BCUT2D eigenvalue weighted by atomic mass is 32.1. The van der Waals surface area contributed by atoms with Gasteiger partial charge >= 0.3 is 0 Å². The summed E-state index contributed by atoms with van der Waals surface area (Å²) in [4.78, 5) is 31.5. The summed E-state index contributed by atoms with van der Waals surface area (Å²) in [6.45, 7) is 2.43. The third-order valence-corrected chi connectivity index (χ3v) is 5.60. The number of aryl methyl sites for hydroxylation is 1. The molecular weight excluding hydrogens is 412 g/mol. The van der Waals surface area contributed by atoms with E-state index in [1.807, 2.05) is 49.4 Å². The van der Waals surface area contributed by atoms with Crippen molar-refractivity contribution >= 4 is 45.7 Å². The van der Waals surface area contributed by atoms with Gasteiger partial charge in [0.1, 0.15) is 11.3 Å². The number of ether oxygens (including phenoxy) is 1. The minimum absolute atomic E-state index is 0.0388. The van der Waals surface area contributed by atoms with Gasteiger partial charge in [0.2, 0.25) is 5.91 Å². The molecule has 3 N–H and O–H groups in total. The summed E-state index contributed by atoms with van der Waals surface area (Å²) < 4.78 is 7.19. The van der Waals surface area contributed by atoms with E-state index in [4.69, 9.17) is 17.0 Å². The fraction of sp³-hybridized carbons (Fsp3) is 0.261. The molecule has 0 aliphatic rings. The summed E-state index contributed by atoms with van der Waals surface area (Å²) in [7, 11) is 1.60. The number of unbranched alkanes of at least 4 members (excludes halogenated alkanes) is 1. The van der Waals surface area contributed by atoms with Crippen LogP contribution in [0, 0.1) is 11.7 Å². The zero-order valence-electron chi connectivity index (χ0n) is 17.5. The highest BCUT2D eigenvalue weighted by Crippen LogP contribution is 2.25. The molecule has 0 bridgehead atoms. The number of hydrogen-bond donors (Lipinski definition) is 3. The van der Waals surface area contributed by atoms with E-state index in [-0.39, 0.29) is 11.5 Å². The van der Waals surface area contributed by atoms with Gasteiger partial charge in [-0.05, 0) is 67.9 Å². The number of anilines is 1. The second kappa shape index (κ2) is 8.77. The van der Waals surface area contributed by atoms with Crippen LogP contribution in [0.1, 0.15) is 24.8 Å². The first-order valence-corrected chi connectivity index (χ1v) is 10.6. The molecule has 4 aromatic rings. The maximum Gasteiger partial charge on any atom is 0.278 e. The van der Waals surface area contributed by atoms with Gasteiger partial charge in [-0.2, -0.15) is 0 Å². The lowest BCUT2D eigenvalue weighted by atomic mass is 10.2. The van der Waals surface area contributed by atoms with Crippen LogP contribution in [-0.4, -0.2) is 27.6 Å². The average molecular weight is 437 g/mol. The number of rotatable bonds is 7. The summed E-state index contributed by atoms with van der Waals surface area (Å²) >= 11 is 5.44. The first kappa shape index (κ1) is 20.9. The number of carbonyl (C=O) groups is 1. The van der Waals surface area contributed by atoms with Crippen LogP contribution in [0.15, 0.2) is 47.3 Å². The van der Waals surface area contributed by atoms with Crippen molar-refractivity contribution in [3.8, 4) is 5.75 Å². The predicted octanol–water partition coefficient (Wildman–Crippen LogP) is 4.67. The lowest BCUT2D eigenvalue weighted by Crippen LogP contribution is -2.22. The molecule has 0 spiro atoms. The largest absolute Gasteiger partial charge is 0.497 e. The maximum absolute atomic E-state index is 13.0. The molecule has 0 aliphatic heterocycles. The zero-order chi connectivity index (χ0) is 22.0. The molecule has 8 heteroatoms. The molecule has 4 rings (SSSR count). The molecule has 2 heterocycles. The first-order chi connectivity index (χ1) is 15.0. The van der Waals surface area contributed by atoms with Crippen molar-refractivity contribution in [3.05, 3.63) is 63.2 Å². The quantitative estimate of drug-likeness (QED) is 0.290. The molecule has 2 aromatic heterocycles. The van der Waals surface area contributed by atoms with E-state index in [0.29, 0.717) is 47.4 Å². The topological polar surface area (TPSA) is 91.9 Å². The van der Waals surface area contributed by atoms with Crippen molar-refractivity contribution in [2.24, 2.45) is 0 Å². The highest BCUT2D eigenvalue weighted by molar-refractivity contribution is 7.71. The van der Waals surface area contributed by atoms with Gasteiger partial charge < -0.3 is 20.0 Å². The fourth-order valence-corrected chi connectivity index (χ4v) is 3.97. The molecule has 0 saturated heterocycles. The summed E-state index contributed by atoms with van der Waals surface area (Å²) in [5.41, 5.74) is 3.72. The second-order valence-electron chi connectivity index (χ2n) is 7.55. The molecule has 0 saturated carbocycles. The van der Waals surface area contributed by atoms with Gasteiger partial charge in [0, 0.05) is 29.6 Å². The van der Waals surface area contributed by atoms with Crippen LogP contribution in [0.3, 0.4) is 0 Å². The van der Waals surface area contributed by atoms with Gasteiger partial charge in [-0.1, -0.05) is 12.1 Å². The van der Waals surface area contributed by atoms with E-state index in [1.54, 1.807) is 11.7 Å². The summed E-state index contributed by atoms with van der Waals surface area (Å²) in [6, 6.07) is 13.3. The normalized spacial score (nSPS) is 11.2. The number of carbonyl (C=O) groups excluding carboxylic acids is 1. The van der Waals surface area contributed by atoms with E-state index in [2.05, 4.69) is 15.3 Å². The maximum atomic E-state index is 13.0. The van der Waals surface area contributed by atoms with Crippen molar-refractivity contribution in [3.63, 3.8) is 0 Å². The Morgan fingerprint density at radius 3 is 2.74 bits per heavy atom. The van der Waals surface area contributed by atoms with Crippen molar-refractivity contribution in [1.29, 1.82) is 0 Å². The Bertz CT molecular complexity index is 1380. The Morgan fingerprint density at radius 2 is 1.97 bits per heavy atom. The van der Waals surface area contributed by atoms with Crippen molar-refractivity contribution < 1.29 is 9.53 Å². The molecule has 0 atom stereocenters. The van der Waals surface area contributed by atoms with Gasteiger partial charge in [-0.15, -0.1) is 0 Å². The Morgan fingerprint density at radius 1 is 1.13 bits per heavy atom. The van der Waals surface area contributed by atoms with Gasteiger partial charge in [0.25, 0.3) is 5.56 Å². The van der Waals surface area contributed by atoms with Crippen LogP contribution in [0.25, 0.3) is 21.9 Å². The Kier molecular flexibility index (Phi) is 5.90. The summed E-state index contributed by atoms with van der Waals surface area (Å²) in [6.07, 6.45) is 1.70. The van der Waals surface area contributed by atoms with Crippen molar-refractivity contribution in [2.45, 2.75) is 32.7 Å². The van der Waals surface area contributed by atoms with Crippen LogP contribution in [0.4, 0.5) is 5.69 Å². The number of fused-ring (bicyclic) bond motifs is 3. The second-order valence-corrected chi connectivity index (χ2v) is 7.93. The number of H-pyrrole nitrogens is 2. The van der Waals surface area contributed by atoms with E-state index in [9.17, 15) is 9.59 Å². The molecule has 31 heavy (non-hydrogen) atoms. The van der Waals surface area contributed by atoms with E-state index >= 15 is 0 Å². The first-order valence-electron chi connectivity index (χ1n) is 10.2. The van der Waals surface area contributed by atoms with Gasteiger partial charge in [0.05, 0.1) is 12.6 Å². The molecule has 0 unspecified atom stereocenters. The number of nitrogens with zero attached hydrogens (tertiary/aromatic N) is 1. The fourth-order valence-electron chi connectivity index (χ4n) is 3.69. The number of benzene rings is 2. The summed E-state index contributed by atoms with van der Waals surface area (Å²) in [5.74, 6) is 0.670. The lowest BCUT2D eigenvalue weighted by Gasteiger charge is -2.08. The van der Waals surface area contributed by atoms with E-state index < -0.39 is 0 Å². The van der Waals surface area contributed by atoms with E-state index in [1.165, 1.54) is 0 Å². The minimum Gasteiger partial charge on any atom is -0.497 e. The minimum atomic E-state index is -0.168. The molecule has 0 aliphatic carbocycles. The SMILES string of the molecule is COc1ccc2[nH]c3c(=O)n(CCCCC(=O)Nc4cccc(C)c4)c(=S)[nH]c3c2c1. The smallest absolute Gasteiger partial charge is 0.278 e. The van der Waals surface area contributed by atoms with E-state index in [0.717, 1.165) is 22.2 Å². The van der Waals surface area contributed by atoms with Crippen molar-refractivity contribution in [2.75, 3.05) is 12.4 Å². The molecule has 2 aromatic carbocycles. The number of hydrogen-bond acceptors (Lipinski definition) is 4. The van der Waals surface area contributed by atoms with Gasteiger partial charge in [0.15, 0.2) is 4.77 Å². The summed E-state index contributed by atoms with van der Waals surface area (Å²) in [5, 5.41) is 3.76. The predicted molar refractivity (Wildman–Crippen MR) is 125 cm³/mol. The number of aromatic nitrogens is 3. The molecular formula is C23H24N4O3S. The van der Waals surface area contributed by atoms with Crippen LogP contribution in [-0.2, 0) is 11.3 Å². The Hall–Kier alpha value is -3.39. The standard InChI is InChI=1S/C23H24N4O3S/c1-14-6-5-7-15(12-14)24-19(28)8-3-4-11-27-22(29)21-20(26-23(27)31)17-13-16(30-2)9-10-18(17)25-21/h5-7,9-10,12-13,25H,3-4,8,11H2,1-2H3,(H,24,28)(H,26,31). The Labute approximate surface area is 184 Å². The zero-order valence-corrected chi connectivity index (χ0v) is 18.3. The number of amides is 1. The average Bonchev–Trinajstić information content (AvgIpc) is 3.11. The van der Waals surface area contributed by atoms with Gasteiger partial charge in [-0.3, -0.25) is 14.2 Å². The number of aromatic amines is 2. The van der Waals surface area contributed by atoms with Crippen LogP contribution in [0.5, 0.6) is 5.75 Å². The number of nitrogens with one attached hydrogen (secondary N) is 3. The third-order valence-electron chi connectivity index (χ3n) is 5.28. The van der Waals surface area contributed by atoms with Crippen LogP contribution >= 0.6 is 12.2 Å². The Balaban J connectivity index is 1.45.